The van der Waals surface area contributed by atoms with E-state index in [1.54, 1.807) is 31.2 Å². The number of sulfonamides is 1. The van der Waals surface area contributed by atoms with Crippen molar-refractivity contribution in [2.75, 3.05) is 23.2 Å². The maximum absolute atomic E-state index is 12.7. The van der Waals surface area contributed by atoms with Crippen LogP contribution in [0.3, 0.4) is 0 Å². The number of carbonyl (C=O) groups excluding carboxylic acids is 1. The van der Waals surface area contributed by atoms with E-state index < -0.39 is 16.1 Å². The Balaban J connectivity index is 1.67. The standard InChI is InChI=1S/C21H26N2O5S/c1-4-29(25,26)23-13-20(28-19-12-8-6-10-17(19)23)21(24)22-16(3)14-27-18-11-7-5-9-15(18)2/h5-12,16,20H,4,13-14H2,1-3H3,(H,22,24)/t16-,20-/m0/s1. The van der Waals surface area contributed by atoms with Gasteiger partial charge in [0.2, 0.25) is 10.0 Å². The summed E-state index contributed by atoms with van der Waals surface area (Å²) in [6.45, 7) is 5.58. The maximum atomic E-state index is 12.7. The van der Waals surface area contributed by atoms with Crippen LogP contribution in [0.1, 0.15) is 19.4 Å². The summed E-state index contributed by atoms with van der Waals surface area (Å²) in [7, 11) is -3.53. The highest BCUT2D eigenvalue weighted by Gasteiger charge is 2.36. The van der Waals surface area contributed by atoms with Crippen molar-refractivity contribution in [1.82, 2.24) is 5.32 Å². The zero-order valence-corrected chi connectivity index (χ0v) is 17.6. The monoisotopic (exact) mass is 418 g/mol. The molecule has 8 heteroatoms. The molecule has 1 amide bonds. The summed E-state index contributed by atoms with van der Waals surface area (Å²) in [6, 6.07) is 14.2. The average Bonchev–Trinajstić information content (AvgIpc) is 2.72. The molecule has 0 radical (unpaired) electrons. The number of fused-ring (bicyclic) bond motifs is 1. The fourth-order valence-electron chi connectivity index (χ4n) is 3.07. The predicted octanol–water partition coefficient (Wildman–Crippen LogP) is 2.50. The number of ether oxygens (including phenoxy) is 2. The summed E-state index contributed by atoms with van der Waals surface area (Å²) in [5, 5.41) is 2.85. The van der Waals surface area contributed by atoms with Gasteiger partial charge < -0.3 is 14.8 Å². The molecule has 1 N–H and O–H groups in total. The highest BCUT2D eigenvalue weighted by Crippen LogP contribution is 2.35. The van der Waals surface area contributed by atoms with Crippen molar-refractivity contribution in [2.45, 2.75) is 32.9 Å². The number of rotatable bonds is 7. The smallest absolute Gasteiger partial charge is 0.263 e. The minimum Gasteiger partial charge on any atom is -0.491 e. The normalized spacial score (nSPS) is 17.1. The van der Waals surface area contributed by atoms with Crippen molar-refractivity contribution < 1.29 is 22.7 Å². The topological polar surface area (TPSA) is 84.9 Å². The van der Waals surface area contributed by atoms with Crippen LogP contribution in [0.25, 0.3) is 0 Å². The summed E-state index contributed by atoms with van der Waals surface area (Å²) >= 11 is 0. The lowest BCUT2D eigenvalue weighted by atomic mass is 10.2. The van der Waals surface area contributed by atoms with Crippen molar-refractivity contribution >= 4 is 21.6 Å². The Bertz CT molecular complexity index is 977. The zero-order chi connectivity index (χ0) is 21.0. The maximum Gasteiger partial charge on any atom is 0.263 e. The molecule has 2 atom stereocenters. The van der Waals surface area contributed by atoms with Crippen LogP contribution in [0, 0.1) is 6.92 Å². The van der Waals surface area contributed by atoms with E-state index in [9.17, 15) is 13.2 Å². The Labute approximate surface area is 171 Å². The molecule has 1 heterocycles. The van der Waals surface area contributed by atoms with Gasteiger partial charge >= 0.3 is 0 Å². The van der Waals surface area contributed by atoms with Crippen LogP contribution in [-0.4, -0.2) is 45.4 Å². The SMILES string of the molecule is CCS(=O)(=O)N1C[C@@H](C(=O)N[C@@H](C)COc2ccccc2C)Oc2ccccc21. The van der Waals surface area contributed by atoms with Gasteiger partial charge in [0, 0.05) is 0 Å². The van der Waals surface area contributed by atoms with Gasteiger partial charge in [0.25, 0.3) is 5.91 Å². The fraction of sp³-hybridized carbons (Fsp3) is 0.381. The largest absolute Gasteiger partial charge is 0.491 e. The molecule has 0 fully saturated rings. The summed E-state index contributed by atoms with van der Waals surface area (Å²) in [6.07, 6.45) is -0.938. The predicted molar refractivity (Wildman–Crippen MR) is 112 cm³/mol. The number of aryl methyl sites for hydroxylation is 1. The number of nitrogens with zero attached hydrogens (tertiary/aromatic N) is 1. The molecule has 0 saturated heterocycles. The van der Waals surface area contributed by atoms with Crippen molar-refractivity contribution in [3.05, 3.63) is 54.1 Å². The molecule has 0 aromatic heterocycles. The van der Waals surface area contributed by atoms with E-state index in [1.165, 1.54) is 4.31 Å². The highest BCUT2D eigenvalue weighted by atomic mass is 32.2. The van der Waals surface area contributed by atoms with Gasteiger partial charge in [0.1, 0.15) is 18.1 Å². The van der Waals surface area contributed by atoms with Crippen LogP contribution in [0.15, 0.2) is 48.5 Å². The van der Waals surface area contributed by atoms with E-state index in [-0.39, 0.29) is 30.9 Å². The number of benzene rings is 2. The lowest BCUT2D eigenvalue weighted by Gasteiger charge is -2.34. The lowest BCUT2D eigenvalue weighted by Crippen LogP contribution is -2.53. The highest BCUT2D eigenvalue weighted by molar-refractivity contribution is 7.92. The van der Waals surface area contributed by atoms with Crippen LogP contribution in [-0.2, 0) is 14.8 Å². The number of nitrogens with one attached hydrogen (secondary N) is 1. The number of carbonyl (C=O) groups is 1. The second-order valence-electron chi connectivity index (χ2n) is 6.99. The fourth-order valence-corrected chi connectivity index (χ4v) is 4.19. The number of amides is 1. The molecular weight excluding hydrogens is 392 g/mol. The van der Waals surface area contributed by atoms with Crippen molar-refractivity contribution in [3.8, 4) is 11.5 Å². The molecule has 7 nitrogen and oxygen atoms in total. The Morgan fingerprint density at radius 1 is 1.24 bits per heavy atom. The minimum atomic E-state index is -3.53. The molecule has 3 rings (SSSR count). The van der Waals surface area contributed by atoms with Crippen LogP contribution >= 0.6 is 0 Å². The van der Waals surface area contributed by atoms with Crippen LogP contribution in [0.2, 0.25) is 0 Å². The Hall–Kier alpha value is -2.74. The van der Waals surface area contributed by atoms with Crippen molar-refractivity contribution in [1.29, 1.82) is 0 Å². The Morgan fingerprint density at radius 2 is 1.93 bits per heavy atom. The van der Waals surface area contributed by atoms with Gasteiger partial charge in [0.15, 0.2) is 6.10 Å². The zero-order valence-electron chi connectivity index (χ0n) is 16.8. The van der Waals surface area contributed by atoms with Gasteiger partial charge in [-0.2, -0.15) is 0 Å². The number of para-hydroxylation sites is 3. The molecule has 0 bridgehead atoms. The molecule has 2 aromatic rings. The van der Waals surface area contributed by atoms with E-state index in [2.05, 4.69) is 5.32 Å². The van der Waals surface area contributed by atoms with Crippen LogP contribution in [0.4, 0.5) is 5.69 Å². The molecule has 0 spiro atoms. The molecule has 29 heavy (non-hydrogen) atoms. The van der Waals surface area contributed by atoms with Gasteiger partial charge in [-0.15, -0.1) is 0 Å². The van der Waals surface area contributed by atoms with Crippen molar-refractivity contribution in [3.63, 3.8) is 0 Å². The van der Waals surface area contributed by atoms with E-state index in [4.69, 9.17) is 9.47 Å². The van der Waals surface area contributed by atoms with Gasteiger partial charge in [-0.1, -0.05) is 30.3 Å². The Kier molecular flexibility index (Phi) is 6.32. The second kappa shape index (κ2) is 8.73. The summed E-state index contributed by atoms with van der Waals surface area (Å²) in [5.41, 5.74) is 1.47. The average molecular weight is 419 g/mol. The molecular formula is C21H26N2O5S. The second-order valence-corrected chi connectivity index (χ2v) is 9.17. The number of hydrogen-bond donors (Lipinski definition) is 1. The van der Waals surface area contributed by atoms with Gasteiger partial charge in [-0.25, -0.2) is 8.42 Å². The van der Waals surface area contributed by atoms with Crippen molar-refractivity contribution in [2.24, 2.45) is 0 Å². The van der Waals surface area contributed by atoms with Gasteiger partial charge in [-0.05, 0) is 44.5 Å². The molecule has 2 aromatic carbocycles. The molecule has 0 saturated carbocycles. The number of hydrogen-bond acceptors (Lipinski definition) is 5. The van der Waals surface area contributed by atoms with Crippen LogP contribution in [0.5, 0.6) is 11.5 Å². The van der Waals surface area contributed by atoms with Gasteiger partial charge in [0.05, 0.1) is 24.0 Å². The van der Waals surface area contributed by atoms with Crippen LogP contribution < -0.4 is 19.1 Å². The van der Waals surface area contributed by atoms with E-state index in [0.717, 1.165) is 11.3 Å². The third-order valence-electron chi connectivity index (χ3n) is 4.70. The van der Waals surface area contributed by atoms with Gasteiger partial charge in [-0.3, -0.25) is 9.10 Å². The first kappa shape index (κ1) is 21.0. The van der Waals surface area contributed by atoms with E-state index in [1.807, 2.05) is 38.1 Å². The third kappa shape index (κ3) is 4.82. The minimum absolute atomic E-state index is 0.0592. The Morgan fingerprint density at radius 3 is 2.66 bits per heavy atom. The summed E-state index contributed by atoms with van der Waals surface area (Å²) < 4.78 is 37.9. The molecule has 0 aliphatic carbocycles. The van der Waals surface area contributed by atoms with E-state index in [0.29, 0.717) is 11.4 Å². The summed E-state index contributed by atoms with van der Waals surface area (Å²) in [5.74, 6) is 0.698. The quantitative estimate of drug-likeness (QED) is 0.747. The first-order valence-electron chi connectivity index (χ1n) is 9.56. The molecule has 156 valence electrons. The van der Waals surface area contributed by atoms with E-state index >= 15 is 0 Å². The lowest BCUT2D eigenvalue weighted by molar-refractivity contribution is -0.128. The molecule has 1 aliphatic heterocycles. The molecule has 1 aliphatic rings. The third-order valence-corrected chi connectivity index (χ3v) is 6.45. The first-order chi connectivity index (χ1) is 13.8. The molecule has 0 unspecified atom stereocenters. The number of anilines is 1. The summed E-state index contributed by atoms with van der Waals surface area (Å²) in [4.78, 5) is 12.7. The first-order valence-corrected chi connectivity index (χ1v) is 11.2.